The highest BCUT2D eigenvalue weighted by Crippen LogP contribution is 2.33. The van der Waals surface area contributed by atoms with Gasteiger partial charge >= 0.3 is 17.8 Å². The number of thiophene rings is 1. The number of hydrogen-bond acceptors (Lipinski definition) is 7. The number of carbonyl (C=O) groups excluding carboxylic acids is 4. The molecule has 9 heteroatoms. The standard InChI is InChI=1S/C12H14N2O6S/c1-4-20-12(18)9(16)14-10-6(11(17)19-3)5(2)7(21-10)8(13)15/h4H2,1-3H3,(H2,13,15)(H,14,16). The molecule has 21 heavy (non-hydrogen) atoms. The second-order valence-electron chi connectivity index (χ2n) is 3.79. The van der Waals surface area contributed by atoms with Crippen LogP contribution < -0.4 is 11.1 Å². The van der Waals surface area contributed by atoms with E-state index in [1.807, 2.05) is 0 Å². The van der Waals surface area contributed by atoms with Gasteiger partial charge in [-0.2, -0.15) is 0 Å². The van der Waals surface area contributed by atoms with Crippen molar-refractivity contribution in [3.8, 4) is 0 Å². The van der Waals surface area contributed by atoms with Crippen molar-refractivity contribution < 1.29 is 28.7 Å². The van der Waals surface area contributed by atoms with Crippen LogP contribution in [0, 0.1) is 6.92 Å². The van der Waals surface area contributed by atoms with Gasteiger partial charge in [-0.1, -0.05) is 0 Å². The number of nitrogens with one attached hydrogen (secondary N) is 1. The van der Waals surface area contributed by atoms with E-state index in [0.717, 1.165) is 18.4 Å². The predicted molar refractivity (Wildman–Crippen MR) is 74.2 cm³/mol. The van der Waals surface area contributed by atoms with Crippen molar-refractivity contribution >= 4 is 40.1 Å². The lowest BCUT2D eigenvalue weighted by molar-refractivity contribution is -0.152. The number of anilines is 1. The zero-order valence-corrected chi connectivity index (χ0v) is 12.5. The Bertz CT molecular complexity index is 607. The molecular formula is C12H14N2O6S. The van der Waals surface area contributed by atoms with Gasteiger partial charge in [0, 0.05) is 0 Å². The van der Waals surface area contributed by atoms with Crippen LogP contribution in [-0.4, -0.2) is 37.5 Å². The van der Waals surface area contributed by atoms with Crippen molar-refractivity contribution in [3.05, 3.63) is 16.0 Å². The van der Waals surface area contributed by atoms with Crippen LogP contribution in [-0.2, 0) is 19.1 Å². The summed E-state index contributed by atoms with van der Waals surface area (Å²) in [6.45, 7) is 3.07. The van der Waals surface area contributed by atoms with Gasteiger partial charge in [-0.15, -0.1) is 11.3 Å². The summed E-state index contributed by atoms with van der Waals surface area (Å²) >= 11 is 0.787. The molecule has 3 N–H and O–H groups in total. The molecular weight excluding hydrogens is 300 g/mol. The smallest absolute Gasteiger partial charge is 0.397 e. The summed E-state index contributed by atoms with van der Waals surface area (Å²) in [5.41, 5.74) is 5.45. The Morgan fingerprint density at radius 2 is 1.90 bits per heavy atom. The summed E-state index contributed by atoms with van der Waals surface area (Å²) in [4.78, 5) is 46.0. The number of carbonyl (C=O) groups is 4. The van der Waals surface area contributed by atoms with Crippen molar-refractivity contribution in [2.75, 3.05) is 19.0 Å². The molecule has 0 fully saturated rings. The molecule has 1 aromatic heterocycles. The van der Waals surface area contributed by atoms with Crippen LogP contribution in [0.15, 0.2) is 0 Å². The molecule has 1 rings (SSSR count). The van der Waals surface area contributed by atoms with Gasteiger partial charge in [-0.05, 0) is 19.4 Å². The average molecular weight is 314 g/mol. The first-order valence-corrected chi connectivity index (χ1v) is 6.64. The van der Waals surface area contributed by atoms with Crippen LogP contribution >= 0.6 is 11.3 Å². The minimum atomic E-state index is -1.10. The summed E-state index contributed by atoms with van der Waals surface area (Å²) in [6, 6.07) is 0. The number of amides is 2. The number of rotatable bonds is 4. The molecule has 0 atom stereocenters. The van der Waals surface area contributed by atoms with Crippen molar-refractivity contribution in [1.29, 1.82) is 0 Å². The van der Waals surface area contributed by atoms with Gasteiger partial charge in [0.15, 0.2) is 0 Å². The van der Waals surface area contributed by atoms with Crippen LogP contribution in [0.4, 0.5) is 5.00 Å². The van der Waals surface area contributed by atoms with Crippen molar-refractivity contribution in [2.45, 2.75) is 13.8 Å². The van der Waals surface area contributed by atoms with Crippen LogP contribution in [0.1, 0.15) is 32.5 Å². The molecule has 0 saturated heterocycles. The van der Waals surface area contributed by atoms with E-state index in [1.54, 1.807) is 6.92 Å². The monoisotopic (exact) mass is 314 g/mol. The van der Waals surface area contributed by atoms with E-state index < -0.39 is 23.8 Å². The maximum Gasteiger partial charge on any atom is 0.397 e. The maximum absolute atomic E-state index is 11.7. The summed E-state index contributed by atoms with van der Waals surface area (Å²) in [5.74, 6) is -3.66. The maximum atomic E-state index is 11.7. The molecule has 0 aliphatic rings. The van der Waals surface area contributed by atoms with Crippen molar-refractivity contribution in [2.24, 2.45) is 5.73 Å². The first-order valence-electron chi connectivity index (χ1n) is 5.83. The Hall–Kier alpha value is -2.42. The zero-order chi connectivity index (χ0) is 16.2. The summed E-state index contributed by atoms with van der Waals surface area (Å²) in [6.07, 6.45) is 0. The highest BCUT2D eigenvalue weighted by atomic mass is 32.1. The third-order valence-corrected chi connectivity index (χ3v) is 3.67. The van der Waals surface area contributed by atoms with E-state index in [-0.39, 0.29) is 27.6 Å². The normalized spacial score (nSPS) is 9.86. The lowest BCUT2D eigenvalue weighted by atomic mass is 10.1. The van der Waals surface area contributed by atoms with Gasteiger partial charge in [-0.3, -0.25) is 9.59 Å². The predicted octanol–water partition coefficient (Wildman–Crippen LogP) is 0.444. The fourth-order valence-electron chi connectivity index (χ4n) is 1.54. The van der Waals surface area contributed by atoms with Gasteiger partial charge in [0.2, 0.25) is 0 Å². The lowest BCUT2D eigenvalue weighted by Gasteiger charge is -2.05. The zero-order valence-electron chi connectivity index (χ0n) is 11.6. The van der Waals surface area contributed by atoms with E-state index in [0.29, 0.717) is 0 Å². The minimum Gasteiger partial charge on any atom is -0.465 e. The van der Waals surface area contributed by atoms with Gasteiger partial charge in [0.05, 0.1) is 24.2 Å². The quantitative estimate of drug-likeness (QED) is 0.614. The lowest BCUT2D eigenvalue weighted by Crippen LogP contribution is -2.25. The Morgan fingerprint density at radius 3 is 2.38 bits per heavy atom. The van der Waals surface area contributed by atoms with Crippen LogP contribution in [0.2, 0.25) is 0 Å². The molecule has 114 valence electrons. The third-order valence-electron chi connectivity index (χ3n) is 2.45. The van der Waals surface area contributed by atoms with E-state index in [2.05, 4.69) is 14.8 Å². The molecule has 0 unspecified atom stereocenters. The number of methoxy groups -OCH3 is 1. The van der Waals surface area contributed by atoms with Gasteiger partial charge < -0.3 is 20.5 Å². The number of hydrogen-bond donors (Lipinski definition) is 2. The Kier molecular flexibility index (Phi) is 5.42. The number of primary amides is 1. The molecule has 0 saturated carbocycles. The van der Waals surface area contributed by atoms with Gasteiger partial charge in [-0.25, -0.2) is 9.59 Å². The molecule has 0 spiro atoms. The highest BCUT2D eigenvalue weighted by molar-refractivity contribution is 7.18. The molecule has 1 heterocycles. The molecule has 0 aliphatic heterocycles. The second-order valence-corrected chi connectivity index (χ2v) is 4.81. The number of ether oxygens (including phenoxy) is 2. The van der Waals surface area contributed by atoms with Crippen LogP contribution in [0.25, 0.3) is 0 Å². The first-order chi connectivity index (χ1) is 9.83. The van der Waals surface area contributed by atoms with E-state index >= 15 is 0 Å². The van der Waals surface area contributed by atoms with Gasteiger partial charge in [0.25, 0.3) is 5.91 Å². The fraction of sp³-hybridized carbons (Fsp3) is 0.333. The van der Waals surface area contributed by atoms with E-state index in [9.17, 15) is 19.2 Å². The SMILES string of the molecule is CCOC(=O)C(=O)Nc1sc(C(N)=O)c(C)c1C(=O)OC. The Morgan fingerprint density at radius 1 is 1.29 bits per heavy atom. The molecule has 0 radical (unpaired) electrons. The molecule has 8 nitrogen and oxygen atoms in total. The molecule has 0 aliphatic carbocycles. The molecule has 1 aromatic rings. The van der Waals surface area contributed by atoms with Crippen molar-refractivity contribution in [1.82, 2.24) is 0 Å². The topological polar surface area (TPSA) is 125 Å². The summed E-state index contributed by atoms with van der Waals surface area (Å²) in [5, 5.41) is 2.23. The number of esters is 2. The third kappa shape index (κ3) is 3.57. The molecule has 0 bridgehead atoms. The largest absolute Gasteiger partial charge is 0.465 e. The van der Waals surface area contributed by atoms with E-state index in [1.165, 1.54) is 6.92 Å². The molecule has 2 amide bonds. The van der Waals surface area contributed by atoms with Gasteiger partial charge in [0.1, 0.15) is 5.00 Å². The first kappa shape index (κ1) is 16.6. The van der Waals surface area contributed by atoms with Crippen LogP contribution in [0.5, 0.6) is 0 Å². The van der Waals surface area contributed by atoms with E-state index in [4.69, 9.17) is 5.73 Å². The van der Waals surface area contributed by atoms with Crippen molar-refractivity contribution in [3.63, 3.8) is 0 Å². The summed E-state index contributed by atoms with van der Waals surface area (Å²) < 4.78 is 9.12. The second kappa shape index (κ2) is 6.84. The highest BCUT2D eigenvalue weighted by Gasteiger charge is 2.27. The number of nitrogens with two attached hydrogens (primary N) is 1. The Balaban J connectivity index is 3.19. The minimum absolute atomic E-state index is 0.00574. The van der Waals surface area contributed by atoms with Crippen LogP contribution in [0.3, 0.4) is 0 Å². The fourth-order valence-corrected chi connectivity index (χ4v) is 2.58. The Labute approximate surface area is 124 Å². The molecule has 0 aromatic carbocycles. The average Bonchev–Trinajstić information content (AvgIpc) is 2.75. The summed E-state index contributed by atoms with van der Waals surface area (Å²) in [7, 11) is 1.15.